The first-order chi connectivity index (χ1) is 8.63. The third-order valence-electron chi connectivity index (χ3n) is 2.16. The van der Waals surface area contributed by atoms with E-state index in [2.05, 4.69) is 0 Å². The van der Waals surface area contributed by atoms with Gasteiger partial charge in [-0.15, -0.1) is 0 Å². The molecule has 0 saturated carbocycles. The number of hydrogen-bond acceptors (Lipinski definition) is 5. The van der Waals surface area contributed by atoms with Crippen LogP contribution in [0.25, 0.3) is 0 Å². The predicted octanol–water partition coefficient (Wildman–Crippen LogP) is 1.46. The Morgan fingerprint density at radius 3 is 1.39 bits per heavy atom. The van der Waals surface area contributed by atoms with E-state index in [1.807, 2.05) is 0 Å². The van der Waals surface area contributed by atoms with Gasteiger partial charge in [-0.05, 0) is 0 Å². The van der Waals surface area contributed by atoms with E-state index in [1.165, 1.54) is 0 Å². The molecule has 18 heavy (non-hydrogen) atoms. The average Bonchev–Trinajstić information content (AvgIpc) is 2.35. The van der Waals surface area contributed by atoms with Crippen LogP contribution < -0.4 is 18.9 Å². The molecule has 0 bridgehead atoms. The van der Waals surface area contributed by atoms with Gasteiger partial charge in [-0.25, -0.2) is 0 Å². The van der Waals surface area contributed by atoms with Gasteiger partial charge in [0.25, 0.3) is 0 Å². The van der Waals surface area contributed by atoms with Crippen LogP contribution in [0.3, 0.4) is 0 Å². The first-order valence-corrected chi connectivity index (χ1v) is 7.81. The van der Waals surface area contributed by atoms with Crippen molar-refractivity contribution < 1.29 is 11.2 Å². The second-order valence-corrected chi connectivity index (χ2v) is 5.50. The van der Waals surface area contributed by atoms with Crippen molar-refractivity contribution in [1.29, 1.82) is 0 Å². The first kappa shape index (κ1) is 12.5. The average molecular weight is 308 g/mol. The van der Waals surface area contributed by atoms with Crippen molar-refractivity contribution >= 4 is 26.6 Å². The molecule has 0 fully saturated rings. The van der Waals surface area contributed by atoms with Crippen molar-refractivity contribution in [3.05, 3.63) is 48.5 Å². The number of nitrogen functional groups attached to an aromatic ring is 2. The molecule has 0 aromatic heterocycles. The zero-order valence-electron chi connectivity index (χ0n) is 9.50. The van der Waals surface area contributed by atoms with E-state index < -0.39 is 15.3 Å². The van der Waals surface area contributed by atoms with Crippen molar-refractivity contribution in [2.24, 2.45) is 0 Å². The van der Waals surface area contributed by atoms with Crippen LogP contribution in [0.15, 0.2) is 48.5 Å². The fourth-order valence-corrected chi connectivity index (χ4v) is 2.75. The topological polar surface area (TPSA) is 87.6 Å². The van der Waals surface area contributed by atoms with E-state index in [-0.39, 0.29) is 0 Å². The van der Waals surface area contributed by atoms with E-state index >= 15 is 0 Å². The summed E-state index contributed by atoms with van der Waals surface area (Å²) in [6, 6.07) is 13.3. The van der Waals surface area contributed by atoms with Gasteiger partial charge >= 0.3 is 109 Å². The summed E-state index contributed by atoms with van der Waals surface area (Å²) in [4.78, 5) is 0. The van der Waals surface area contributed by atoms with Gasteiger partial charge in [-0.1, -0.05) is 0 Å². The molecular weight excluding hydrogens is 295 g/mol. The maximum absolute atomic E-state index is 11.7. The van der Waals surface area contributed by atoms with Crippen molar-refractivity contribution in [3.8, 4) is 11.5 Å². The molecule has 0 heterocycles. The summed E-state index contributed by atoms with van der Waals surface area (Å²) in [5.41, 5.74) is 12.3. The molecule has 0 aliphatic heterocycles. The standard InChI is InChI=1S/C12H13AsN2O3/c14-9-1-5-11(6-2-9)17-13(16)18-12-7-3-10(15)4-8-12/h1-8,13H,14-15H2. The van der Waals surface area contributed by atoms with Gasteiger partial charge in [0.2, 0.25) is 0 Å². The molecule has 4 N–H and O–H groups in total. The molecule has 0 aliphatic carbocycles. The second kappa shape index (κ2) is 5.56. The maximum atomic E-state index is 11.7. The summed E-state index contributed by atoms with van der Waals surface area (Å²) in [7, 11) is 0. The molecule has 94 valence electrons. The van der Waals surface area contributed by atoms with Crippen LogP contribution >= 0.6 is 0 Å². The summed E-state index contributed by atoms with van der Waals surface area (Å²) >= 11 is -3.29. The molecule has 0 radical (unpaired) electrons. The molecule has 2 rings (SSSR count). The minimum atomic E-state index is -3.29. The van der Waals surface area contributed by atoms with Crippen molar-refractivity contribution in [1.82, 2.24) is 0 Å². The third kappa shape index (κ3) is 3.50. The molecule has 5 nitrogen and oxygen atoms in total. The molecule has 0 amide bonds. The molecule has 0 aliphatic rings. The van der Waals surface area contributed by atoms with Crippen LogP contribution in [0.2, 0.25) is 0 Å². The molecule has 0 unspecified atom stereocenters. The monoisotopic (exact) mass is 308 g/mol. The molecule has 6 heteroatoms. The van der Waals surface area contributed by atoms with Gasteiger partial charge in [-0.2, -0.15) is 0 Å². The fourth-order valence-electron chi connectivity index (χ4n) is 1.29. The molecule has 0 saturated heterocycles. The Morgan fingerprint density at radius 2 is 1.06 bits per heavy atom. The van der Waals surface area contributed by atoms with Crippen LogP contribution in [0.5, 0.6) is 11.5 Å². The van der Waals surface area contributed by atoms with E-state index in [1.54, 1.807) is 48.5 Å². The van der Waals surface area contributed by atoms with E-state index in [4.69, 9.17) is 18.9 Å². The van der Waals surface area contributed by atoms with E-state index in [9.17, 15) is 3.74 Å². The quantitative estimate of drug-likeness (QED) is 0.659. The zero-order chi connectivity index (χ0) is 13.0. The van der Waals surface area contributed by atoms with Crippen molar-refractivity contribution in [2.45, 2.75) is 0 Å². The Bertz CT molecular complexity index is 491. The van der Waals surface area contributed by atoms with Crippen molar-refractivity contribution in [2.75, 3.05) is 11.5 Å². The van der Waals surface area contributed by atoms with Gasteiger partial charge in [0.1, 0.15) is 0 Å². The van der Waals surface area contributed by atoms with Crippen LogP contribution in [-0.2, 0) is 3.74 Å². The SMILES string of the molecule is Nc1ccc(O[AsH](=O)Oc2ccc(N)cc2)cc1. The third-order valence-corrected chi connectivity index (χ3v) is 3.85. The Kier molecular flexibility index (Phi) is 3.84. The summed E-state index contributed by atoms with van der Waals surface area (Å²) in [5.74, 6) is 0.953. The normalized spacial score (nSPS) is 10.3. The summed E-state index contributed by atoms with van der Waals surface area (Å²) in [6.07, 6.45) is 0. The molecule has 0 atom stereocenters. The van der Waals surface area contributed by atoms with Gasteiger partial charge in [0.15, 0.2) is 0 Å². The van der Waals surface area contributed by atoms with Crippen molar-refractivity contribution in [3.63, 3.8) is 0 Å². The number of rotatable bonds is 4. The Labute approximate surface area is 110 Å². The summed E-state index contributed by atoms with van der Waals surface area (Å²) in [5, 5.41) is 0. The Hall–Kier alpha value is -2.00. The number of benzene rings is 2. The van der Waals surface area contributed by atoms with Crippen LogP contribution in [0, 0.1) is 0 Å². The summed E-state index contributed by atoms with van der Waals surface area (Å²) in [6.45, 7) is 0. The van der Waals surface area contributed by atoms with Gasteiger partial charge < -0.3 is 0 Å². The van der Waals surface area contributed by atoms with Crippen LogP contribution in [0.1, 0.15) is 0 Å². The molecule has 0 spiro atoms. The predicted molar refractivity (Wildman–Crippen MR) is 70.8 cm³/mol. The fraction of sp³-hybridized carbons (Fsp3) is 0. The summed E-state index contributed by atoms with van der Waals surface area (Å²) < 4.78 is 22.1. The van der Waals surface area contributed by atoms with Gasteiger partial charge in [-0.3, -0.25) is 0 Å². The Morgan fingerprint density at radius 1 is 0.722 bits per heavy atom. The Balaban J connectivity index is 1.96. The number of nitrogens with two attached hydrogens (primary N) is 2. The zero-order valence-corrected chi connectivity index (χ0v) is 11.6. The second-order valence-electron chi connectivity index (χ2n) is 3.59. The van der Waals surface area contributed by atoms with Gasteiger partial charge in [0, 0.05) is 0 Å². The van der Waals surface area contributed by atoms with E-state index in [0.29, 0.717) is 22.9 Å². The van der Waals surface area contributed by atoms with Crippen LogP contribution in [0.4, 0.5) is 11.4 Å². The number of anilines is 2. The molecular formula is C12H13AsN2O3. The first-order valence-electron chi connectivity index (χ1n) is 5.24. The molecule has 2 aromatic carbocycles. The van der Waals surface area contributed by atoms with E-state index in [0.717, 1.165) is 0 Å². The minimum absolute atomic E-state index is 0.477. The number of hydrogen-bond donors (Lipinski definition) is 2. The van der Waals surface area contributed by atoms with Gasteiger partial charge in [0.05, 0.1) is 0 Å². The van der Waals surface area contributed by atoms with Crippen LogP contribution in [-0.4, -0.2) is 15.3 Å². The molecule has 2 aromatic rings.